The molecule has 1 aromatic rings. The molecule has 0 amide bonds. The van der Waals surface area contributed by atoms with Crippen molar-refractivity contribution < 1.29 is 10.0 Å². The van der Waals surface area contributed by atoms with Crippen LogP contribution in [0, 0.1) is 10.1 Å². The Labute approximate surface area is 77.1 Å². The molecule has 0 bridgehead atoms. The highest BCUT2D eigenvalue weighted by atomic mass is 79.9. The van der Waals surface area contributed by atoms with E-state index in [-0.39, 0.29) is 12.3 Å². The summed E-state index contributed by atoms with van der Waals surface area (Å²) in [4.78, 5) is 9.66. The Kier molecular flexibility index (Phi) is 2.65. The van der Waals surface area contributed by atoms with Crippen LogP contribution in [0.25, 0.3) is 0 Å². The summed E-state index contributed by atoms with van der Waals surface area (Å²) < 4.78 is 0.555. The zero-order valence-corrected chi connectivity index (χ0v) is 7.61. The van der Waals surface area contributed by atoms with Gasteiger partial charge in [0.2, 0.25) is 6.54 Å². The van der Waals surface area contributed by atoms with Gasteiger partial charge in [0.25, 0.3) is 0 Å². The molecule has 0 atom stereocenters. The van der Waals surface area contributed by atoms with E-state index in [1.54, 1.807) is 12.1 Å². The second kappa shape index (κ2) is 3.53. The highest BCUT2D eigenvalue weighted by molar-refractivity contribution is 9.10. The fraction of sp³-hybridized carbons (Fsp3) is 0.143. The molecule has 1 N–H and O–H groups in total. The summed E-state index contributed by atoms with van der Waals surface area (Å²) in [6.45, 7) is -0.368. The Morgan fingerprint density at radius 1 is 1.58 bits per heavy atom. The number of hydrogen-bond donors (Lipinski definition) is 1. The van der Waals surface area contributed by atoms with Crippen molar-refractivity contribution in [3.05, 3.63) is 38.3 Å². The average Bonchev–Trinajstić information content (AvgIpc) is 1.97. The van der Waals surface area contributed by atoms with E-state index in [0.29, 0.717) is 10.0 Å². The molecule has 0 saturated carbocycles. The summed E-state index contributed by atoms with van der Waals surface area (Å²) in [5, 5.41) is 19.4. The monoisotopic (exact) mass is 231 g/mol. The Bertz CT molecular complexity index is 293. The Hall–Kier alpha value is -1.10. The number of benzene rings is 1. The quantitative estimate of drug-likeness (QED) is 0.625. The van der Waals surface area contributed by atoms with Crippen LogP contribution in [-0.2, 0) is 6.54 Å². The molecule has 1 aromatic carbocycles. The normalized spacial score (nSPS) is 9.75. The number of aromatic hydroxyl groups is 1. The maximum absolute atomic E-state index is 10.1. The lowest BCUT2D eigenvalue weighted by atomic mass is 10.2. The van der Waals surface area contributed by atoms with E-state index in [9.17, 15) is 15.2 Å². The molecule has 0 unspecified atom stereocenters. The van der Waals surface area contributed by atoms with Crippen LogP contribution >= 0.6 is 15.9 Å². The molecule has 0 radical (unpaired) electrons. The molecule has 0 heterocycles. The SMILES string of the molecule is O=[N+]([O-])Cc1c(O)cccc1Br. The first-order valence-corrected chi connectivity index (χ1v) is 3.98. The highest BCUT2D eigenvalue weighted by Crippen LogP contribution is 2.25. The molecule has 1 rings (SSSR count). The molecule has 4 nitrogen and oxygen atoms in total. The molecular weight excluding hydrogens is 226 g/mol. The van der Waals surface area contributed by atoms with E-state index in [2.05, 4.69) is 15.9 Å². The predicted molar refractivity (Wildman–Crippen MR) is 46.5 cm³/mol. The van der Waals surface area contributed by atoms with Gasteiger partial charge in [-0.3, -0.25) is 10.1 Å². The van der Waals surface area contributed by atoms with Crippen molar-refractivity contribution in [1.29, 1.82) is 0 Å². The van der Waals surface area contributed by atoms with E-state index >= 15 is 0 Å². The molecule has 0 spiro atoms. The third-order valence-electron chi connectivity index (χ3n) is 1.38. The van der Waals surface area contributed by atoms with E-state index < -0.39 is 4.92 Å². The third-order valence-corrected chi connectivity index (χ3v) is 2.12. The van der Waals surface area contributed by atoms with Crippen molar-refractivity contribution in [3.63, 3.8) is 0 Å². The smallest absolute Gasteiger partial charge is 0.233 e. The molecule has 64 valence electrons. The van der Waals surface area contributed by atoms with Gasteiger partial charge in [-0.05, 0) is 12.1 Å². The van der Waals surface area contributed by atoms with Gasteiger partial charge in [0, 0.05) is 9.40 Å². The molecular formula is C7H6BrNO3. The Balaban J connectivity index is 3.04. The summed E-state index contributed by atoms with van der Waals surface area (Å²) in [5.74, 6) is -0.0546. The molecule has 0 aliphatic heterocycles. The number of hydrogen-bond acceptors (Lipinski definition) is 3. The summed E-state index contributed by atoms with van der Waals surface area (Å²) in [5.41, 5.74) is 0.308. The molecule has 0 aliphatic carbocycles. The van der Waals surface area contributed by atoms with Crippen molar-refractivity contribution >= 4 is 15.9 Å². The van der Waals surface area contributed by atoms with Crippen molar-refractivity contribution in [2.75, 3.05) is 0 Å². The first-order chi connectivity index (χ1) is 5.61. The number of rotatable bonds is 2. The van der Waals surface area contributed by atoms with Gasteiger partial charge >= 0.3 is 0 Å². The van der Waals surface area contributed by atoms with Crippen LogP contribution in [0.4, 0.5) is 0 Å². The van der Waals surface area contributed by atoms with Crippen LogP contribution in [0.1, 0.15) is 5.56 Å². The minimum absolute atomic E-state index is 0.0546. The number of nitro groups is 1. The van der Waals surface area contributed by atoms with Gasteiger partial charge in [-0.25, -0.2) is 0 Å². The zero-order chi connectivity index (χ0) is 9.14. The lowest BCUT2D eigenvalue weighted by Gasteiger charge is -2.01. The van der Waals surface area contributed by atoms with E-state index in [4.69, 9.17) is 0 Å². The van der Waals surface area contributed by atoms with Crippen LogP contribution in [-0.4, -0.2) is 10.0 Å². The number of nitrogens with zero attached hydrogens (tertiary/aromatic N) is 1. The van der Waals surface area contributed by atoms with E-state index in [1.807, 2.05) is 0 Å². The first-order valence-electron chi connectivity index (χ1n) is 3.19. The number of phenolic OH excluding ortho intramolecular Hbond substituents is 1. The van der Waals surface area contributed by atoms with Crippen molar-refractivity contribution in [1.82, 2.24) is 0 Å². The van der Waals surface area contributed by atoms with Gasteiger partial charge in [0.05, 0.1) is 5.56 Å². The second-order valence-corrected chi connectivity index (χ2v) is 3.08. The standard InChI is InChI=1S/C7H6BrNO3/c8-6-2-1-3-7(10)5(6)4-9(11)12/h1-3,10H,4H2. The lowest BCUT2D eigenvalue weighted by Crippen LogP contribution is -1.99. The Morgan fingerprint density at radius 3 is 2.75 bits per heavy atom. The molecule has 12 heavy (non-hydrogen) atoms. The topological polar surface area (TPSA) is 63.4 Å². The molecule has 0 aromatic heterocycles. The predicted octanol–water partition coefficient (Wildman–Crippen LogP) is 1.93. The fourth-order valence-electron chi connectivity index (χ4n) is 0.833. The molecule has 0 fully saturated rings. The molecule has 0 saturated heterocycles. The van der Waals surface area contributed by atoms with Crippen LogP contribution in [0.3, 0.4) is 0 Å². The minimum atomic E-state index is -0.486. The zero-order valence-electron chi connectivity index (χ0n) is 6.03. The summed E-state index contributed by atoms with van der Waals surface area (Å²) in [6.07, 6.45) is 0. The van der Waals surface area contributed by atoms with Gasteiger partial charge in [0.1, 0.15) is 5.75 Å². The largest absolute Gasteiger partial charge is 0.507 e. The average molecular weight is 232 g/mol. The minimum Gasteiger partial charge on any atom is -0.507 e. The molecule has 5 heteroatoms. The van der Waals surface area contributed by atoms with Crippen molar-refractivity contribution in [2.45, 2.75) is 6.54 Å². The summed E-state index contributed by atoms with van der Waals surface area (Å²) >= 11 is 3.11. The molecule has 0 aliphatic rings. The summed E-state index contributed by atoms with van der Waals surface area (Å²) in [6, 6.07) is 4.69. The van der Waals surface area contributed by atoms with Crippen LogP contribution in [0.15, 0.2) is 22.7 Å². The van der Waals surface area contributed by atoms with E-state index in [0.717, 1.165) is 0 Å². The number of halogens is 1. The van der Waals surface area contributed by atoms with Gasteiger partial charge in [-0.2, -0.15) is 0 Å². The van der Waals surface area contributed by atoms with Crippen LogP contribution < -0.4 is 0 Å². The fourth-order valence-corrected chi connectivity index (χ4v) is 1.31. The Morgan fingerprint density at radius 2 is 2.25 bits per heavy atom. The maximum atomic E-state index is 10.1. The lowest BCUT2D eigenvalue weighted by molar-refractivity contribution is -0.497. The van der Waals surface area contributed by atoms with Crippen molar-refractivity contribution in [3.8, 4) is 5.75 Å². The first kappa shape index (κ1) is 8.99. The van der Waals surface area contributed by atoms with Gasteiger partial charge in [0.15, 0.2) is 0 Å². The van der Waals surface area contributed by atoms with Gasteiger partial charge < -0.3 is 5.11 Å². The van der Waals surface area contributed by atoms with Gasteiger partial charge in [-0.1, -0.05) is 22.0 Å². The second-order valence-electron chi connectivity index (χ2n) is 2.23. The van der Waals surface area contributed by atoms with Gasteiger partial charge in [-0.15, -0.1) is 0 Å². The van der Waals surface area contributed by atoms with Crippen LogP contribution in [0.2, 0.25) is 0 Å². The van der Waals surface area contributed by atoms with Crippen LogP contribution in [0.5, 0.6) is 5.75 Å². The maximum Gasteiger partial charge on any atom is 0.233 e. The van der Waals surface area contributed by atoms with E-state index in [1.165, 1.54) is 6.07 Å². The summed E-state index contributed by atoms with van der Waals surface area (Å²) in [7, 11) is 0. The van der Waals surface area contributed by atoms with Crippen molar-refractivity contribution in [2.24, 2.45) is 0 Å². The number of phenols is 1. The highest BCUT2D eigenvalue weighted by Gasteiger charge is 2.10. The third kappa shape index (κ3) is 1.94.